The Morgan fingerprint density at radius 1 is 0.939 bits per heavy atom. The number of nitrogens with one attached hydrogen (secondary N) is 1. The maximum atomic E-state index is 12.5. The van der Waals surface area contributed by atoms with E-state index in [2.05, 4.69) is 5.32 Å². The van der Waals surface area contributed by atoms with Gasteiger partial charge in [-0.2, -0.15) is 0 Å². The van der Waals surface area contributed by atoms with Gasteiger partial charge in [-0.05, 0) is 41.3 Å². The third kappa shape index (κ3) is 6.64. The molecule has 0 aliphatic heterocycles. The molecule has 0 fully saturated rings. The Labute approximate surface area is 209 Å². The van der Waals surface area contributed by atoms with Crippen LogP contribution in [0.1, 0.15) is 34.3 Å². The molecule has 1 unspecified atom stereocenters. The summed E-state index contributed by atoms with van der Waals surface area (Å²) in [5.74, 6) is -0.0227. The summed E-state index contributed by atoms with van der Waals surface area (Å²) in [5, 5.41) is 3.53. The Balaban J connectivity index is 1.72. The average molecular weight is 526 g/mol. The molecule has 0 aliphatic carbocycles. The van der Waals surface area contributed by atoms with E-state index in [1.807, 2.05) is 37.3 Å². The van der Waals surface area contributed by atoms with Crippen molar-refractivity contribution in [1.82, 2.24) is 5.32 Å². The van der Waals surface area contributed by atoms with E-state index in [-0.39, 0.29) is 39.1 Å². The third-order valence-electron chi connectivity index (χ3n) is 5.14. The van der Waals surface area contributed by atoms with Crippen LogP contribution in [0.4, 0.5) is 5.69 Å². The van der Waals surface area contributed by atoms with Gasteiger partial charge >= 0.3 is 0 Å². The van der Waals surface area contributed by atoms with Gasteiger partial charge in [0, 0.05) is 12.1 Å². The highest BCUT2D eigenvalue weighted by atomic mass is 35.5. The minimum Gasteiger partial charge on any atom is -0.351 e. The van der Waals surface area contributed by atoms with Gasteiger partial charge in [-0.25, -0.2) is 8.42 Å². The van der Waals surface area contributed by atoms with E-state index in [9.17, 15) is 13.2 Å². The largest absolute Gasteiger partial charge is 0.351 e. The summed E-state index contributed by atoms with van der Waals surface area (Å²) < 4.78 is 26.1. The molecule has 3 aromatic carbocycles. The smallest absolute Gasteiger partial charge is 0.251 e. The van der Waals surface area contributed by atoms with Crippen molar-refractivity contribution in [2.75, 3.05) is 17.1 Å². The molecule has 0 radical (unpaired) electrons. The highest BCUT2D eigenvalue weighted by Gasteiger charge is 2.22. The normalized spacial score (nSPS) is 12.3. The number of carbonyl (C=O) groups excluding carboxylic acids is 1. The second-order valence-electron chi connectivity index (χ2n) is 7.71. The van der Waals surface area contributed by atoms with Crippen LogP contribution in [-0.4, -0.2) is 27.1 Å². The van der Waals surface area contributed by atoms with Crippen LogP contribution in [0.15, 0.2) is 66.7 Å². The molecule has 3 rings (SSSR count). The summed E-state index contributed by atoms with van der Waals surface area (Å²) in [6.07, 6.45) is 1.08. The Kier molecular flexibility index (Phi) is 8.29. The number of nitrogens with zero attached hydrogens (tertiary/aromatic N) is 1. The highest BCUT2D eigenvalue weighted by molar-refractivity contribution is 7.92. The zero-order chi connectivity index (χ0) is 24.2. The second kappa shape index (κ2) is 10.8. The third-order valence-corrected chi connectivity index (χ3v) is 7.29. The number of halogens is 3. The van der Waals surface area contributed by atoms with E-state index in [0.717, 1.165) is 16.1 Å². The van der Waals surface area contributed by atoms with E-state index in [1.54, 1.807) is 24.3 Å². The first kappa shape index (κ1) is 25.4. The summed E-state index contributed by atoms with van der Waals surface area (Å²) in [7, 11) is -3.67. The lowest BCUT2D eigenvalue weighted by Gasteiger charge is -2.24. The Hall–Kier alpha value is -2.25. The van der Waals surface area contributed by atoms with E-state index in [1.165, 1.54) is 12.1 Å². The number of carbonyl (C=O) groups is 1. The number of anilines is 1. The van der Waals surface area contributed by atoms with Crippen LogP contribution in [0.2, 0.25) is 15.1 Å². The fraction of sp³-hybridized carbons (Fsp3) is 0.208. The summed E-state index contributed by atoms with van der Waals surface area (Å²) >= 11 is 18.3. The lowest BCUT2D eigenvalue weighted by atomic mass is 10.0. The summed E-state index contributed by atoms with van der Waals surface area (Å²) in [6.45, 7) is 2.57. The number of amides is 1. The summed E-state index contributed by atoms with van der Waals surface area (Å²) in [6, 6.07) is 19.5. The summed E-state index contributed by atoms with van der Waals surface area (Å²) in [5.41, 5.74) is 2.54. The Morgan fingerprint density at radius 2 is 1.55 bits per heavy atom. The number of hydrogen-bond acceptors (Lipinski definition) is 3. The maximum absolute atomic E-state index is 12.5. The standard InChI is InChI=1S/C24H23Cl3N2O3S/c1-16(18-6-4-3-5-7-18)14-28-24(30)19-10-8-17(9-11-19)15-29(33(2,31)32)23-13-21(26)20(25)12-22(23)27/h3-13,16H,14-15H2,1-2H3,(H,28,30). The van der Waals surface area contributed by atoms with Gasteiger partial charge in [-0.15, -0.1) is 0 Å². The fourth-order valence-electron chi connectivity index (χ4n) is 3.26. The van der Waals surface area contributed by atoms with Crippen molar-refractivity contribution in [3.8, 4) is 0 Å². The number of rotatable bonds is 8. The molecule has 174 valence electrons. The lowest BCUT2D eigenvalue weighted by molar-refractivity contribution is 0.0951. The minimum absolute atomic E-state index is 0.0173. The van der Waals surface area contributed by atoms with Gasteiger partial charge < -0.3 is 5.32 Å². The number of benzene rings is 3. The van der Waals surface area contributed by atoms with Crippen molar-refractivity contribution >= 4 is 56.4 Å². The predicted molar refractivity (Wildman–Crippen MR) is 136 cm³/mol. The van der Waals surface area contributed by atoms with Crippen molar-refractivity contribution in [2.24, 2.45) is 0 Å². The number of sulfonamides is 1. The first-order valence-corrected chi connectivity index (χ1v) is 13.1. The zero-order valence-corrected chi connectivity index (χ0v) is 21.1. The first-order chi connectivity index (χ1) is 15.6. The van der Waals surface area contributed by atoms with Crippen LogP contribution >= 0.6 is 34.8 Å². The Bertz CT molecular complexity index is 1230. The molecule has 0 saturated heterocycles. The van der Waals surface area contributed by atoms with Crippen molar-refractivity contribution in [2.45, 2.75) is 19.4 Å². The predicted octanol–water partition coefficient (Wildman–Crippen LogP) is 6.15. The van der Waals surface area contributed by atoms with Gasteiger partial charge in [0.1, 0.15) is 0 Å². The molecule has 33 heavy (non-hydrogen) atoms. The van der Waals surface area contributed by atoms with Crippen LogP contribution in [0.3, 0.4) is 0 Å². The molecule has 1 atom stereocenters. The second-order valence-corrected chi connectivity index (χ2v) is 10.8. The molecule has 1 amide bonds. The summed E-state index contributed by atoms with van der Waals surface area (Å²) in [4.78, 5) is 12.5. The minimum atomic E-state index is -3.67. The van der Waals surface area contributed by atoms with Gasteiger partial charge in [0.2, 0.25) is 10.0 Å². The number of hydrogen-bond donors (Lipinski definition) is 1. The van der Waals surface area contributed by atoms with Crippen LogP contribution < -0.4 is 9.62 Å². The molecule has 9 heteroatoms. The van der Waals surface area contributed by atoms with Crippen molar-refractivity contribution < 1.29 is 13.2 Å². The zero-order valence-electron chi connectivity index (χ0n) is 18.1. The van der Waals surface area contributed by atoms with Gasteiger partial charge in [0.05, 0.1) is 33.6 Å². The molecule has 0 aromatic heterocycles. The fourth-order valence-corrected chi connectivity index (χ4v) is 4.84. The highest BCUT2D eigenvalue weighted by Crippen LogP contribution is 2.36. The van der Waals surface area contributed by atoms with Crippen molar-refractivity contribution in [3.05, 3.63) is 98.5 Å². The molecule has 0 aliphatic rings. The van der Waals surface area contributed by atoms with E-state index >= 15 is 0 Å². The molecule has 0 bridgehead atoms. The lowest BCUT2D eigenvalue weighted by Crippen LogP contribution is -2.30. The van der Waals surface area contributed by atoms with E-state index in [0.29, 0.717) is 17.7 Å². The average Bonchev–Trinajstić information content (AvgIpc) is 2.78. The SMILES string of the molecule is CC(CNC(=O)c1ccc(CN(c2cc(Cl)c(Cl)cc2Cl)S(C)(=O)=O)cc1)c1ccccc1. The quantitative estimate of drug-likeness (QED) is 0.359. The molecule has 0 spiro atoms. The van der Waals surface area contributed by atoms with Crippen LogP contribution in [0, 0.1) is 0 Å². The molecule has 1 N–H and O–H groups in total. The first-order valence-electron chi connectivity index (χ1n) is 10.1. The molecule has 3 aromatic rings. The van der Waals surface area contributed by atoms with Crippen LogP contribution in [0.25, 0.3) is 0 Å². The van der Waals surface area contributed by atoms with Crippen LogP contribution in [0.5, 0.6) is 0 Å². The van der Waals surface area contributed by atoms with Crippen molar-refractivity contribution in [3.63, 3.8) is 0 Å². The van der Waals surface area contributed by atoms with Gasteiger partial charge in [0.15, 0.2) is 0 Å². The molecule has 5 nitrogen and oxygen atoms in total. The van der Waals surface area contributed by atoms with Gasteiger partial charge in [-0.1, -0.05) is 84.2 Å². The molecule has 0 heterocycles. The van der Waals surface area contributed by atoms with E-state index in [4.69, 9.17) is 34.8 Å². The van der Waals surface area contributed by atoms with Gasteiger partial charge in [-0.3, -0.25) is 9.10 Å². The Morgan fingerprint density at radius 3 is 2.15 bits per heavy atom. The van der Waals surface area contributed by atoms with E-state index < -0.39 is 10.0 Å². The molecule has 0 saturated carbocycles. The topological polar surface area (TPSA) is 66.5 Å². The monoisotopic (exact) mass is 524 g/mol. The molecular weight excluding hydrogens is 503 g/mol. The molecular formula is C24H23Cl3N2O3S. The van der Waals surface area contributed by atoms with Gasteiger partial charge in [0.25, 0.3) is 5.91 Å². The van der Waals surface area contributed by atoms with Crippen LogP contribution in [-0.2, 0) is 16.6 Å². The van der Waals surface area contributed by atoms with Crippen molar-refractivity contribution in [1.29, 1.82) is 0 Å². The maximum Gasteiger partial charge on any atom is 0.251 e.